The van der Waals surface area contributed by atoms with Gasteiger partial charge in [0.1, 0.15) is 0 Å². The molecule has 2 aromatic rings. The fourth-order valence-electron chi connectivity index (χ4n) is 2.30. The maximum Gasteiger partial charge on any atom is 0.161 e. The third kappa shape index (κ3) is 3.69. The number of rotatable bonds is 5. The Hall–Kier alpha value is -2.25. The molecule has 0 unspecified atom stereocenters. The van der Waals surface area contributed by atoms with Crippen LogP contribution in [0.4, 0.5) is 5.69 Å². The molecule has 0 aliphatic rings. The summed E-state index contributed by atoms with van der Waals surface area (Å²) >= 11 is 1.71. The topological polar surface area (TPSA) is 44.1 Å². The van der Waals surface area contributed by atoms with Gasteiger partial charge in [-0.15, -0.1) is 11.8 Å². The van der Waals surface area contributed by atoms with E-state index in [1.165, 1.54) is 4.90 Å². The van der Waals surface area contributed by atoms with Gasteiger partial charge < -0.3 is 4.90 Å². The molecule has 0 atom stereocenters. The van der Waals surface area contributed by atoms with E-state index in [0.29, 0.717) is 17.7 Å². The van der Waals surface area contributed by atoms with E-state index in [1.54, 1.807) is 36.9 Å². The number of carbonyl (C=O) groups is 1. The van der Waals surface area contributed by atoms with E-state index in [4.69, 9.17) is 5.26 Å². The first-order valence-corrected chi connectivity index (χ1v) is 8.16. The highest BCUT2D eigenvalue weighted by atomic mass is 32.2. The normalized spacial score (nSPS) is 10.1. The summed E-state index contributed by atoms with van der Waals surface area (Å²) in [5.74, 6) is 0.00377. The summed E-state index contributed by atoms with van der Waals surface area (Å²) in [5.41, 5.74) is 3.16. The number of carbonyl (C=O) groups excluding carboxylic acids is 1. The van der Waals surface area contributed by atoms with E-state index in [-0.39, 0.29) is 5.78 Å². The number of hydrogen-bond acceptors (Lipinski definition) is 4. The van der Waals surface area contributed by atoms with Crippen LogP contribution < -0.4 is 4.90 Å². The van der Waals surface area contributed by atoms with Gasteiger partial charge in [-0.05, 0) is 49.1 Å². The molecule has 0 radical (unpaired) electrons. The van der Waals surface area contributed by atoms with E-state index in [0.717, 1.165) is 11.3 Å². The van der Waals surface area contributed by atoms with Crippen molar-refractivity contribution in [3.8, 4) is 6.07 Å². The molecule has 0 aliphatic heterocycles. The minimum atomic E-state index is 0.00377. The summed E-state index contributed by atoms with van der Waals surface area (Å²) < 4.78 is 0. The monoisotopic (exact) mass is 310 g/mol. The molecule has 0 heterocycles. The molecule has 0 aromatic heterocycles. The maximum atomic E-state index is 11.8. The average molecular weight is 310 g/mol. The fraction of sp³-hybridized carbons (Fsp3) is 0.222. The largest absolute Gasteiger partial charge is 0.370 e. The van der Waals surface area contributed by atoms with Crippen molar-refractivity contribution >= 4 is 23.2 Å². The maximum absolute atomic E-state index is 11.8. The van der Waals surface area contributed by atoms with Crippen LogP contribution in [0.2, 0.25) is 0 Å². The highest BCUT2D eigenvalue weighted by Crippen LogP contribution is 2.24. The molecule has 112 valence electrons. The van der Waals surface area contributed by atoms with Gasteiger partial charge in [-0.2, -0.15) is 5.26 Å². The standard InChI is InChI=1S/C18H18N2OS/c1-13(21)17-9-6-15(11-19)10-18(17)20(2)12-14-4-7-16(22-3)8-5-14/h4-10H,12H2,1-3H3. The summed E-state index contributed by atoms with van der Waals surface area (Å²) in [6.07, 6.45) is 2.05. The van der Waals surface area contributed by atoms with Gasteiger partial charge in [0.2, 0.25) is 0 Å². The molecule has 2 rings (SSSR count). The SMILES string of the molecule is CSc1ccc(CN(C)c2cc(C#N)ccc2C(C)=O)cc1. The Morgan fingerprint density at radius 1 is 1.23 bits per heavy atom. The van der Waals surface area contributed by atoms with E-state index < -0.39 is 0 Å². The molecule has 0 spiro atoms. The van der Waals surface area contributed by atoms with Gasteiger partial charge in [0.05, 0.1) is 11.6 Å². The molecule has 0 aliphatic carbocycles. The van der Waals surface area contributed by atoms with Crippen molar-refractivity contribution in [1.82, 2.24) is 0 Å². The molecular weight excluding hydrogens is 292 g/mol. The highest BCUT2D eigenvalue weighted by Gasteiger charge is 2.12. The number of ketones is 1. The predicted molar refractivity (Wildman–Crippen MR) is 91.5 cm³/mol. The fourth-order valence-corrected chi connectivity index (χ4v) is 2.71. The summed E-state index contributed by atoms with van der Waals surface area (Å²) in [4.78, 5) is 15.0. The average Bonchev–Trinajstić information content (AvgIpc) is 2.54. The van der Waals surface area contributed by atoms with Crippen molar-refractivity contribution in [2.75, 3.05) is 18.2 Å². The van der Waals surface area contributed by atoms with Crippen LogP contribution in [0.15, 0.2) is 47.4 Å². The zero-order chi connectivity index (χ0) is 16.1. The van der Waals surface area contributed by atoms with E-state index in [1.807, 2.05) is 18.2 Å². The Morgan fingerprint density at radius 3 is 2.45 bits per heavy atom. The van der Waals surface area contributed by atoms with Crippen molar-refractivity contribution < 1.29 is 4.79 Å². The van der Waals surface area contributed by atoms with Crippen LogP contribution in [0, 0.1) is 11.3 Å². The summed E-state index contributed by atoms with van der Waals surface area (Å²) in [7, 11) is 1.94. The lowest BCUT2D eigenvalue weighted by Gasteiger charge is -2.22. The van der Waals surface area contributed by atoms with Crippen molar-refractivity contribution in [3.05, 3.63) is 59.2 Å². The van der Waals surface area contributed by atoms with E-state index in [9.17, 15) is 4.79 Å². The first-order chi connectivity index (χ1) is 10.5. The highest BCUT2D eigenvalue weighted by molar-refractivity contribution is 7.98. The van der Waals surface area contributed by atoms with Crippen LogP contribution in [-0.2, 0) is 6.54 Å². The quantitative estimate of drug-likeness (QED) is 0.615. The number of Topliss-reactive ketones (excluding diaryl/α,β-unsaturated/α-hetero) is 1. The molecule has 0 bridgehead atoms. The third-order valence-corrected chi connectivity index (χ3v) is 4.24. The molecule has 0 saturated heterocycles. The zero-order valence-corrected chi connectivity index (χ0v) is 13.8. The molecule has 3 nitrogen and oxygen atoms in total. The Labute approximate surface area is 135 Å². The van der Waals surface area contributed by atoms with Crippen LogP contribution >= 0.6 is 11.8 Å². The summed E-state index contributed by atoms with van der Waals surface area (Å²) in [6.45, 7) is 2.23. The van der Waals surface area contributed by atoms with Gasteiger partial charge in [-0.25, -0.2) is 0 Å². The first kappa shape index (κ1) is 16.1. The zero-order valence-electron chi connectivity index (χ0n) is 13.0. The van der Waals surface area contributed by atoms with Gasteiger partial charge in [-0.3, -0.25) is 4.79 Å². The molecule has 0 N–H and O–H groups in total. The molecule has 0 amide bonds. The van der Waals surface area contributed by atoms with Gasteiger partial charge in [0, 0.05) is 29.7 Å². The van der Waals surface area contributed by atoms with Crippen molar-refractivity contribution in [2.45, 2.75) is 18.4 Å². The molecular formula is C18H18N2OS. The lowest BCUT2D eigenvalue weighted by atomic mass is 10.0. The first-order valence-electron chi connectivity index (χ1n) is 6.94. The molecule has 2 aromatic carbocycles. The molecule has 0 fully saturated rings. The second-order valence-electron chi connectivity index (χ2n) is 5.10. The van der Waals surface area contributed by atoms with Crippen molar-refractivity contribution in [2.24, 2.45) is 0 Å². The summed E-state index contributed by atoms with van der Waals surface area (Å²) in [5, 5.41) is 9.06. The number of hydrogen-bond donors (Lipinski definition) is 0. The number of nitriles is 1. The van der Waals surface area contributed by atoms with Gasteiger partial charge in [-0.1, -0.05) is 12.1 Å². The van der Waals surface area contributed by atoms with Crippen LogP contribution in [0.3, 0.4) is 0 Å². The Kier molecular flexibility index (Phi) is 5.24. The van der Waals surface area contributed by atoms with Crippen LogP contribution in [-0.4, -0.2) is 19.1 Å². The van der Waals surface area contributed by atoms with E-state index in [2.05, 4.69) is 30.3 Å². The number of nitrogens with zero attached hydrogens (tertiary/aromatic N) is 2. The van der Waals surface area contributed by atoms with Gasteiger partial charge >= 0.3 is 0 Å². The summed E-state index contributed by atoms with van der Waals surface area (Å²) in [6, 6.07) is 15.7. The molecule has 0 saturated carbocycles. The second kappa shape index (κ2) is 7.15. The third-order valence-electron chi connectivity index (χ3n) is 3.50. The number of benzene rings is 2. The Bertz CT molecular complexity index is 717. The Balaban J connectivity index is 2.29. The molecule has 22 heavy (non-hydrogen) atoms. The van der Waals surface area contributed by atoms with Gasteiger partial charge in [0.25, 0.3) is 0 Å². The van der Waals surface area contributed by atoms with Crippen LogP contribution in [0.1, 0.15) is 28.4 Å². The van der Waals surface area contributed by atoms with Gasteiger partial charge in [0.15, 0.2) is 5.78 Å². The molecule has 4 heteroatoms. The predicted octanol–water partition coefficient (Wildman–Crippen LogP) is 4.12. The minimum absolute atomic E-state index is 0.00377. The smallest absolute Gasteiger partial charge is 0.161 e. The lowest BCUT2D eigenvalue weighted by Crippen LogP contribution is -2.19. The van der Waals surface area contributed by atoms with Crippen LogP contribution in [0.5, 0.6) is 0 Å². The number of thioether (sulfide) groups is 1. The van der Waals surface area contributed by atoms with Crippen molar-refractivity contribution in [3.63, 3.8) is 0 Å². The minimum Gasteiger partial charge on any atom is -0.370 e. The second-order valence-corrected chi connectivity index (χ2v) is 5.98. The van der Waals surface area contributed by atoms with E-state index >= 15 is 0 Å². The van der Waals surface area contributed by atoms with Crippen LogP contribution in [0.25, 0.3) is 0 Å². The lowest BCUT2D eigenvalue weighted by molar-refractivity contribution is 0.101. The van der Waals surface area contributed by atoms with Crippen molar-refractivity contribution in [1.29, 1.82) is 5.26 Å². The number of anilines is 1. The Morgan fingerprint density at radius 2 is 1.91 bits per heavy atom.